The highest BCUT2D eigenvalue weighted by Gasteiger charge is 2.04. The molecule has 3 rings (SSSR count). The largest absolute Gasteiger partial charge is 0.507 e. The SMILES string of the molecule is Oc1ccccc1C=Nc1ccc(Cl)c2cccnc12. The molecule has 1 N–H and O–H groups in total. The second-order valence-corrected chi connectivity index (χ2v) is 4.69. The average molecular weight is 283 g/mol. The van der Waals surface area contributed by atoms with E-state index < -0.39 is 0 Å². The summed E-state index contributed by atoms with van der Waals surface area (Å²) in [4.78, 5) is 8.72. The Morgan fingerprint density at radius 3 is 2.75 bits per heavy atom. The summed E-state index contributed by atoms with van der Waals surface area (Å²) >= 11 is 6.14. The number of para-hydroxylation sites is 1. The molecule has 0 atom stereocenters. The average Bonchev–Trinajstić information content (AvgIpc) is 2.48. The van der Waals surface area contributed by atoms with Crippen LogP contribution in [0.25, 0.3) is 10.9 Å². The molecule has 4 heteroatoms. The number of halogens is 1. The second-order valence-electron chi connectivity index (χ2n) is 4.28. The van der Waals surface area contributed by atoms with Gasteiger partial charge >= 0.3 is 0 Å². The monoisotopic (exact) mass is 282 g/mol. The number of benzene rings is 2. The van der Waals surface area contributed by atoms with Gasteiger partial charge in [-0.1, -0.05) is 23.7 Å². The molecule has 0 bridgehead atoms. The van der Waals surface area contributed by atoms with Gasteiger partial charge in [0.15, 0.2) is 0 Å². The van der Waals surface area contributed by atoms with Gasteiger partial charge in [-0.2, -0.15) is 0 Å². The number of fused-ring (bicyclic) bond motifs is 1. The van der Waals surface area contributed by atoms with Crippen molar-refractivity contribution in [2.45, 2.75) is 0 Å². The highest BCUT2D eigenvalue weighted by molar-refractivity contribution is 6.35. The quantitative estimate of drug-likeness (QED) is 0.711. The van der Waals surface area contributed by atoms with E-state index in [1.54, 1.807) is 36.7 Å². The van der Waals surface area contributed by atoms with Crippen molar-refractivity contribution < 1.29 is 5.11 Å². The number of aromatic nitrogens is 1. The van der Waals surface area contributed by atoms with Crippen LogP contribution in [0.5, 0.6) is 5.75 Å². The van der Waals surface area contributed by atoms with E-state index in [2.05, 4.69) is 9.98 Å². The fourth-order valence-corrected chi connectivity index (χ4v) is 2.18. The Balaban J connectivity index is 2.08. The van der Waals surface area contributed by atoms with Crippen LogP contribution in [0.4, 0.5) is 5.69 Å². The topological polar surface area (TPSA) is 45.5 Å². The summed E-state index contributed by atoms with van der Waals surface area (Å²) in [5.74, 6) is 0.197. The zero-order chi connectivity index (χ0) is 13.9. The first-order valence-corrected chi connectivity index (χ1v) is 6.49. The lowest BCUT2D eigenvalue weighted by Gasteiger charge is -2.03. The van der Waals surface area contributed by atoms with Gasteiger partial charge in [-0.3, -0.25) is 9.98 Å². The minimum atomic E-state index is 0.197. The Hall–Kier alpha value is -2.39. The molecule has 20 heavy (non-hydrogen) atoms. The third kappa shape index (κ3) is 2.36. The van der Waals surface area contributed by atoms with Gasteiger partial charge in [0.1, 0.15) is 5.75 Å². The molecule has 2 aromatic carbocycles. The summed E-state index contributed by atoms with van der Waals surface area (Å²) in [5, 5.41) is 11.2. The summed E-state index contributed by atoms with van der Waals surface area (Å²) in [7, 11) is 0. The maximum atomic E-state index is 9.72. The fourth-order valence-electron chi connectivity index (χ4n) is 1.96. The molecule has 3 aromatic rings. The van der Waals surface area contributed by atoms with Gasteiger partial charge in [0, 0.05) is 23.4 Å². The van der Waals surface area contributed by atoms with Gasteiger partial charge in [0.05, 0.1) is 16.2 Å². The number of aliphatic imine (C=N–C) groups is 1. The first kappa shape index (κ1) is 12.6. The number of pyridine rings is 1. The van der Waals surface area contributed by atoms with Gasteiger partial charge < -0.3 is 5.11 Å². The molecule has 98 valence electrons. The van der Waals surface area contributed by atoms with Crippen molar-refractivity contribution in [2.75, 3.05) is 0 Å². The number of aromatic hydroxyl groups is 1. The van der Waals surface area contributed by atoms with Crippen LogP contribution in [0.2, 0.25) is 5.02 Å². The molecule has 0 aliphatic heterocycles. The molecule has 0 radical (unpaired) electrons. The lowest BCUT2D eigenvalue weighted by molar-refractivity contribution is 0.474. The standard InChI is InChI=1S/C16H11ClN2O/c17-13-7-8-14(16-12(13)5-3-9-18-16)19-10-11-4-1-2-6-15(11)20/h1-10,20H. The normalized spacial score (nSPS) is 11.2. The van der Waals surface area contributed by atoms with Crippen LogP contribution in [0.3, 0.4) is 0 Å². The van der Waals surface area contributed by atoms with Crippen LogP contribution < -0.4 is 0 Å². The van der Waals surface area contributed by atoms with Crippen molar-refractivity contribution in [1.82, 2.24) is 4.98 Å². The highest BCUT2D eigenvalue weighted by atomic mass is 35.5. The van der Waals surface area contributed by atoms with Crippen LogP contribution in [0, 0.1) is 0 Å². The van der Waals surface area contributed by atoms with Crippen LogP contribution in [-0.2, 0) is 0 Å². The molecule has 0 aliphatic rings. The smallest absolute Gasteiger partial charge is 0.124 e. The summed E-state index contributed by atoms with van der Waals surface area (Å²) in [5.41, 5.74) is 2.12. The van der Waals surface area contributed by atoms with Gasteiger partial charge in [-0.15, -0.1) is 0 Å². The predicted octanol–water partition coefficient (Wildman–Crippen LogP) is 4.34. The van der Waals surface area contributed by atoms with Gasteiger partial charge in [-0.05, 0) is 36.4 Å². The Morgan fingerprint density at radius 2 is 1.90 bits per heavy atom. The van der Waals surface area contributed by atoms with Gasteiger partial charge in [-0.25, -0.2) is 0 Å². The predicted molar refractivity (Wildman–Crippen MR) is 82.1 cm³/mol. The van der Waals surface area contributed by atoms with E-state index in [1.165, 1.54) is 0 Å². The van der Waals surface area contributed by atoms with Gasteiger partial charge in [0.25, 0.3) is 0 Å². The number of phenolic OH excluding ortho intramolecular Hbond substituents is 1. The second kappa shape index (κ2) is 5.31. The Kier molecular flexibility index (Phi) is 3.35. The maximum Gasteiger partial charge on any atom is 0.124 e. The number of phenols is 1. The number of hydrogen-bond acceptors (Lipinski definition) is 3. The van der Waals surface area contributed by atoms with E-state index in [-0.39, 0.29) is 5.75 Å². The lowest BCUT2D eigenvalue weighted by atomic mass is 10.2. The Bertz CT molecular complexity index is 799. The molecule has 3 nitrogen and oxygen atoms in total. The van der Waals surface area contributed by atoms with Gasteiger partial charge in [0.2, 0.25) is 0 Å². The summed E-state index contributed by atoms with van der Waals surface area (Å²) in [6, 6.07) is 14.4. The summed E-state index contributed by atoms with van der Waals surface area (Å²) in [6.07, 6.45) is 3.32. The number of rotatable bonds is 2. The third-order valence-corrected chi connectivity index (χ3v) is 3.30. The molecule has 0 unspecified atom stereocenters. The molecule has 0 spiro atoms. The van der Waals surface area contributed by atoms with Crippen molar-refractivity contribution in [3.63, 3.8) is 0 Å². The number of nitrogens with zero attached hydrogens (tertiary/aromatic N) is 2. The van der Waals surface area contributed by atoms with Crippen LogP contribution in [0.15, 0.2) is 59.7 Å². The van der Waals surface area contributed by atoms with Crippen molar-refractivity contribution >= 4 is 34.4 Å². The molecule has 0 fully saturated rings. The van der Waals surface area contributed by atoms with Crippen molar-refractivity contribution in [3.8, 4) is 5.75 Å². The molecular weight excluding hydrogens is 272 g/mol. The molecule has 0 saturated heterocycles. The number of hydrogen-bond donors (Lipinski definition) is 1. The molecular formula is C16H11ClN2O. The first-order valence-electron chi connectivity index (χ1n) is 6.11. The first-order chi connectivity index (χ1) is 9.75. The third-order valence-electron chi connectivity index (χ3n) is 2.97. The van der Waals surface area contributed by atoms with Crippen LogP contribution in [-0.4, -0.2) is 16.3 Å². The molecule has 1 heterocycles. The molecule has 0 aliphatic carbocycles. The van der Waals surface area contributed by atoms with E-state index in [0.29, 0.717) is 16.3 Å². The van der Waals surface area contributed by atoms with Crippen molar-refractivity contribution in [2.24, 2.45) is 4.99 Å². The van der Waals surface area contributed by atoms with E-state index in [4.69, 9.17) is 11.6 Å². The maximum absolute atomic E-state index is 9.72. The van der Waals surface area contributed by atoms with Crippen LogP contribution in [0.1, 0.15) is 5.56 Å². The zero-order valence-electron chi connectivity index (χ0n) is 10.5. The molecule has 0 amide bonds. The van der Waals surface area contributed by atoms with E-state index in [0.717, 1.165) is 10.9 Å². The minimum Gasteiger partial charge on any atom is -0.507 e. The van der Waals surface area contributed by atoms with E-state index >= 15 is 0 Å². The molecule has 0 saturated carbocycles. The van der Waals surface area contributed by atoms with Crippen molar-refractivity contribution in [3.05, 3.63) is 65.3 Å². The Morgan fingerprint density at radius 1 is 1.05 bits per heavy atom. The van der Waals surface area contributed by atoms with Crippen LogP contribution >= 0.6 is 11.6 Å². The molecule has 1 aromatic heterocycles. The minimum absolute atomic E-state index is 0.197. The van der Waals surface area contributed by atoms with Crippen molar-refractivity contribution in [1.29, 1.82) is 0 Å². The highest BCUT2D eigenvalue weighted by Crippen LogP contribution is 2.29. The zero-order valence-corrected chi connectivity index (χ0v) is 11.2. The Labute approximate surface area is 121 Å². The summed E-state index contributed by atoms with van der Waals surface area (Å²) < 4.78 is 0. The fraction of sp³-hybridized carbons (Fsp3) is 0. The summed E-state index contributed by atoms with van der Waals surface area (Å²) in [6.45, 7) is 0. The van der Waals surface area contributed by atoms with E-state index in [1.807, 2.05) is 24.3 Å². The lowest BCUT2D eigenvalue weighted by Crippen LogP contribution is -1.83. The van der Waals surface area contributed by atoms with E-state index in [9.17, 15) is 5.11 Å².